The molecule has 9 nitrogen and oxygen atoms in total. The monoisotopic (exact) mass is 460 g/mol. The van der Waals surface area contributed by atoms with Crippen molar-refractivity contribution in [1.29, 1.82) is 0 Å². The average molecular weight is 460 g/mol. The van der Waals surface area contributed by atoms with Gasteiger partial charge in [0.1, 0.15) is 29.5 Å². The lowest BCUT2D eigenvalue weighted by Gasteiger charge is -2.21. The molecule has 1 aromatic heterocycles. The van der Waals surface area contributed by atoms with Gasteiger partial charge in [0.25, 0.3) is 0 Å². The third-order valence-electron chi connectivity index (χ3n) is 5.24. The molecule has 0 unspecified atom stereocenters. The molecule has 1 aliphatic rings. The molecule has 0 fully saturated rings. The lowest BCUT2D eigenvalue weighted by atomic mass is 10.1. The van der Waals surface area contributed by atoms with E-state index in [2.05, 4.69) is 10.3 Å². The van der Waals surface area contributed by atoms with Crippen molar-refractivity contribution < 1.29 is 23.8 Å². The second kappa shape index (κ2) is 10.0. The van der Waals surface area contributed by atoms with Crippen LogP contribution in [0.5, 0.6) is 17.2 Å². The summed E-state index contributed by atoms with van der Waals surface area (Å²) in [6.45, 7) is -0.233. The normalized spacial score (nSPS) is 12.9. The number of rotatable bonds is 7. The quantitative estimate of drug-likeness (QED) is 0.578. The van der Waals surface area contributed by atoms with E-state index in [4.69, 9.17) is 19.2 Å². The maximum atomic E-state index is 13.3. The van der Waals surface area contributed by atoms with Gasteiger partial charge in [-0.15, -0.1) is 0 Å². The number of pyridine rings is 1. The molecule has 1 aliphatic heterocycles. The topological polar surface area (TPSA) is 102 Å². The van der Waals surface area contributed by atoms with Crippen molar-refractivity contribution in [3.05, 3.63) is 66.4 Å². The van der Waals surface area contributed by atoms with Gasteiger partial charge in [-0.25, -0.2) is 9.98 Å². The highest BCUT2D eigenvalue weighted by molar-refractivity contribution is 6.18. The number of fused-ring (bicyclic) bond motifs is 1. The largest absolute Gasteiger partial charge is 0.497 e. The first-order valence-corrected chi connectivity index (χ1v) is 10.5. The number of carbonyl (C=O) groups excluding carboxylic acids is 2. The minimum Gasteiger partial charge on any atom is -0.497 e. The summed E-state index contributed by atoms with van der Waals surface area (Å²) in [5.74, 6) is 1.35. The Hall–Kier alpha value is -4.40. The molecule has 3 aromatic rings. The van der Waals surface area contributed by atoms with Crippen LogP contribution in [0.4, 0.5) is 17.2 Å². The Kier molecular flexibility index (Phi) is 6.72. The van der Waals surface area contributed by atoms with Crippen molar-refractivity contribution >= 4 is 34.7 Å². The number of anilines is 2. The lowest BCUT2D eigenvalue weighted by Crippen LogP contribution is -2.39. The smallest absolute Gasteiger partial charge is 0.244 e. The van der Waals surface area contributed by atoms with Crippen LogP contribution < -0.4 is 24.4 Å². The molecule has 4 rings (SSSR count). The maximum absolute atomic E-state index is 13.3. The van der Waals surface area contributed by atoms with Crippen molar-refractivity contribution in [1.82, 2.24) is 4.98 Å². The molecule has 9 heteroatoms. The number of aliphatic imine (C=N–C) groups is 1. The molecule has 34 heavy (non-hydrogen) atoms. The first-order chi connectivity index (χ1) is 16.5. The van der Waals surface area contributed by atoms with Crippen LogP contribution in [0.3, 0.4) is 0 Å². The summed E-state index contributed by atoms with van der Waals surface area (Å²) in [5, 5.41) is 2.79. The van der Waals surface area contributed by atoms with E-state index in [1.165, 1.54) is 19.1 Å². The van der Waals surface area contributed by atoms with E-state index in [1.807, 2.05) is 24.3 Å². The zero-order chi connectivity index (χ0) is 24.1. The van der Waals surface area contributed by atoms with E-state index in [0.717, 1.165) is 5.56 Å². The molecule has 0 radical (unpaired) electrons. The highest BCUT2D eigenvalue weighted by Gasteiger charge is 2.28. The molecular formula is C25H24N4O5. The molecule has 2 heterocycles. The standard InChI is InChI=1S/C25H24N4O5/c1-32-18-7-4-6-16(10-18)22-14-24(31)29(25-21(28-22)8-5-9-26-25)15-23(30)27-17-11-19(33-2)13-20(12-17)34-3/h4-13H,14-15H2,1-3H3,(H,27,30). The fourth-order valence-corrected chi connectivity index (χ4v) is 3.58. The van der Waals surface area contributed by atoms with Gasteiger partial charge < -0.3 is 19.5 Å². The van der Waals surface area contributed by atoms with E-state index in [-0.39, 0.29) is 18.9 Å². The molecule has 0 saturated heterocycles. The predicted molar refractivity (Wildman–Crippen MR) is 129 cm³/mol. The SMILES string of the molecule is COc1cc(NC(=O)CN2C(=O)CC(c3cccc(OC)c3)=Nc3cccnc32)cc(OC)c1. The van der Waals surface area contributed by atoms with E-state index in [1.54, 1.807) is 43.6 Å². The molecule has 1 N–H and O–H groups in total. The number of nitrogens with one attached hydrogen (secondary N) is 1. The van der Waals surface area contributed by atoms with Crippen LogP contribution in [0, 0.1) is 0 Å². The van der Waals surface area contributed by atoms with Crippen molar-refractivity contribution in [2.75, 3.05) is 38.1 Å². The van der Waals surface area contributed by atoms with Crippen LogP contribution in [0.15, 0.2) is 65.8 Å². The van der Waals surface area contributed by atoms with Crippen LogP contribution in [0.1, 0.15) is 12.0 Å². The number of hydrogen-bond acceptors (Lipinski definition) is 7. The van der Waals surface area contributed by atoms with Gasteiger partial charge in [-0.1, -0.05) is 12.1 Å². The number of nitrogens with zero attached hydrogens (tertiary/aromatic N) is 3. The van der Waals surface area contributed by atoms with Crippen LogP contribution in [-0.4, -0.2) is 50.4 Å². The first-order valence-electron chi connectivity index (χ1n) is 10.5. The third-order valence-corrected chi connectivity index (χ3v) is 5.24. The van der Waals surface area contributed by atoms with Gasteiger partial charge in [0.05, 0.1) is 33.5 Å². The Morgan fingerprint density at radius 3 is 2.41 bits per heavy atom. The Bertz CT molecular complexity index is 1240. The van der Waals surface area contributed by atoms with Crippen LogP contribution >= 0.6 is 0 Å². The number of hydrogen-bond donors (Lipinski definition) is 1. The number of aromatic nitrogens is 1. The summed E-state index contributed by atoms with van der Waals surface area (Å²) in [6, 6.07) is 15.9. The fourth-order valence-electron chi connectivity index (χ4n) is 3.58. The molecule has 2 amide bonds. The van der Waals surface area contributed by atoms with Gasteiger partial charge in [-0.05, 0) is 24.3 Å². The highest BCUT2D eigenvalue weighted by Crippen LogP contribution is 2.31. The zero-order valence-electron chi connectivity index (χ0n) is 19.1. The highest BCUT2D eigenvalue weighted by atomic mass is 16.5. The summed E-state index contributed by atoms with van der Waals surface area (Å²) < 4.78 is 15.8. The predicted octanol–water partition coefficient (Wildman–Crippen LogP) is 3.60. The van der Waals surface area contributed by atoms with E-state index < -0.39 is 5.91 Å². The van der Waals surface area contributed by atoms with E-state index in [0.29, 0.717) is 40.2 Å². The van der Waals surface area contributed by atoms with Gasteiger partial charge in [0.2, 0.25) is 11.8 Å². The number of amides is 2. The molecule has 174 valence electrons. The summed E-state index contributed by atoms with van der Waals surface area (Å²) in [4.78, 5) is 36.6. The molecule has 0 bridgehead atoms. The van der Waals surface area contributed by atoms with Gasteiger partial charge in [-0.3, -0.25) is 14.5 Å². The summed E-state index contributed by atoms with van der Waals surface area (Å²) in [6.07, 6.45) is 1.57. The van der Waals surface area contributed by atoms with Gasteiger partial charge in [0, 0.05) is 35.6 Å². The number of methoxy groups -OCH3 is 3. The van der Waals surface area contributed by atoms with E-state index >= 15 is 0 Å². The van der Waals surface area contributed by atoms with Gasteiger partial charge in [-0.2, -0.15) is 0 Å². The molecule has 0 saturated carbocycles. The molecule has 0 spiro atoms. The van der Waals surface area contributed by atoms with Crippen molar-refractivity contribution in [3.8, 4) is 17.2 Å². The van der Waals surface area contributed by atoms with Crippen molar-refractivity contribution in [2.45, 2.75) is 6.42 Å². The number of carbonyl (C=O) groups is 2. The minimum atomic E-state index is -0.398. The lowest BCUT2D eigenvalue weighted by molar-refractivity contribution is -0.120. The first kappa shape index (κ1) is 22.8. The average Bonchev–Trinajstić information content (AvgIpc) is 3.00. The number of ether oxygens (including phenoxy) is 3. The van der Waals surface area contributed by atoms with E-state index in [9.17, 15) is 9.59 Å². The molecule has 2 aromatic carbocycles. The summed E-state index contributed by atoms with van der Waals surface area (Å²) in [5.41, 5.74) is 2.32. The second-order valence-corrected chi connectivity index (χ2v) is 7.44. The van der Waals surface area contributed by atoms with Crippen LogP contribution in [0.2, 0.25) is 0 Å². The Balaban J connectivity index is 1.60. The zero-order valence-corrected chi connectivity index (χ0v) is 19.1. The van der Waals surface area contributed by atoms with Crippen LogP contribution in [-0.2, 0) is 9.59 Å². The van der Waals surface area contributed by atoms with Gasteiger partial charge in [0.15, 0.2) is 5.82 Å². The Morgan fingerprint density at radius 1 is 0.971 bits per heavy atom. The summed E-state index contributed by atoms with van der Waals surface area (Å²) >= 11 is 0. The maximum Gasteiger partial charge on any atom is 0.244 e. The Labute approximate surface area is 197 Å². The molecule has 0 atom stereocenters. The Morgan fingerprint density at radius 2 is 1.71 bits per heavy atom. The van der Waals surface area contributed by atoms with Gasteiger partial charge >= 0.3 is 0 Å². The van der Waals surface area contributed by atoms with Crippen molar-refractivity contribution in [2.24, 2.45) is 4.99 Å². The van der Waals surface area contributed by atoms with Crippen molar-refractivity contribution in [3.63, 3.8) is 0 Å². The summed E-state index contributed by atoms with van der Waals surface area (Å²) in [7, 11) is 4.63. The minimum absolute atomic E-state index is 0.00376. The number of benzene rings is 2. The van der Waals surface area contributed by atoms with Crippen LogP contribution in [0.25, 0.3) is 0 Å². The molecular weight excluding hydrogens is 436 g/mol. The second-order valence-electron chi connectivity index (χ2n) is 7.44. The third kappa shape index (κ3) is 4.98. The molecule has 0 aliphatic carbocycles. The fraction of sp³-hybridized carbons (Fsp3) is 0.200.